The second-order valence-electron chi connectivity index (χ2n) is 6.34. The number of hydrogen-bond donors (Lipinski definition) is 1. The van der Waals surface area contributed by atoms with Crippen LogP contribution in [0.2, 0.25) is 0 Å². The predicted molar refractivity (Wildman–Crippen MR) is 113 cm³/mol. The summed E-state index contributed by atoms with van der Waals surface area (Å²) in [5.74, 6) is -0.622. The van der Waals surface area contributed by atoms with Gasteiger partial charge in [-0.2, -0.15) is 13.2 Å². The summed E-state index contributed by atoms with van der Waals surface area (Å²) in [6.45, 7) is 1.23. The van der Waals surface area contributed by atoms with Crippen LogP contribution in [0, 0.1) is 0 Å². The number of nitrogens with one attached hydrogen (secondary N) is 1. The van der Waals surface area contributed by atoms with Crippen LogP contribution in [0.3, 0.4) is 0 Å². The van der Waals surface area contributed by atoms with Crippen molar-refractivity contribution >= 4 is 40.6 Å². The Balaban J connectivity index is 1.94. The number of halogens is 3. The number of benzene rings is 2. The van der Waals surface area contributed by atoms with Crippen molar-refractivity contribution in [3.63, 3.8) is 0 Å². The van der Waals surface area contributed by atoms with Gasteiger partial charge in [0.25, 0.3) is 5.91 Å². The van der Waals surface area contributed by atoms with Gasteiger partial charge >= 0.3 is 12.1 Å². The fourth-order valence-electron chi connectivity index (χ4n) is 2.78. The van der Waals surface area contributed by atoms with Gasteiger partial charge in [0.15, 0.2) is 16.7 Å². The van der Waals surface area contributed by atoms with E-state index < -0.39 is 23.6 Å². The van der Waals surface area contributed by atoms with Crippen molar-refractivity contribution < 1.29 is 37.0 Å². The van der Waals surface area contributed by atoms with Crippen LogP contribution < -0.4 is 19.5 Å². The van der Waals surface area contributed by atoms with E-state index in [1.54, 1.807) is 0 Å². The monoisotopic (exact) mass is 466 g/mol. The molecule has 168 valence electrons. The Morgan fingerprint density at radius 3 is 2.31 bits per heavy atom. The molecule has 3 rings (SSSR count). The molecule has 0 unspecified atom stereocenters. The average Bonchev–Trinajstić information content (AvgIpc) is 3.06. The summed E-state index contributed by atoms with van der Waals surface area (Å²) >= 11 is 0.886. The van der Waals surface area contributed by atoms with E-state index in [-0.39, 0.29) is 33.0 Å². The summed E-state index contributed by atoms with van der Waals surface area (Å²) < 4.78 is 55.2. The van der Waals surface area contributed by atoms with Crippen molar-refractivity contribution in [3.8, 4) is 17.2 Å². The van der Waals surface area contributed by atoms with Gasteiger partial charge in [0.05, 0.1) is 30.4 Å². The molecule has 1 aliphatic heterocycles. The summed E-state index contributed by atoms with van der Waals surface area (Å²) in [7, 11) is 2.75. The summed E-state index contributed by atoms with van der Waals surface area (Å²) in [6.07, 6.45) is -3.09. The molecule has 2 aromatic rings. The quantitative estimate of drug-likeness (QED) is 0.396. The lowest BCUT2D eigenvalue weighted by molar-refractivity contribution is -0.137. The van der Waals surface area contributed by atoms with Gasteiger partial charge in [-0.25, -0.2) is 4.99 Å². The number of amides is 1. The molecule has 11 heteroatoms. The molecule has 1 N–H and O–H groups in total. The van der Waals surface area contributed by atoms with Crippen LogP contribution in [-0.4, -0.2) is 31.3 Å². The molecule has 32 heavy (non-hydrogen) atoms. The summed E-state index contributed by atoms with van der Waals surface area (Å²) in [6, 6.07) is 7.87. The maximum absolute atomic E-state index is 13.2. The minimum atomic E-state index is -4.58. The minimum absolute atomic E-state index is 0.00779. The molecule has 0 aliphatic carbocycles. The number of hydrogen-bond acceptors (Lipinski definition) is 7. The zero-order valence-electron chi connectivity index (χ0n) is 17.1. The van der Waals surface area contributed by atoms with E-state index in [1.165, 1.54) is 57.6 Å². The fourth-order valence-corrected chi connectivity index (χ4v) is 3.61. The van der Waals surface area contributed by atoms with Gasteiger partial charge in [0, 0.05) is 6.92 Å². The third-order valence-electron chi connectivity index (χ3n) is 4.11. The van der Waals surface area contributed by atoms with Gasteiger partial charge in [0.2, 0.25) is 5.75 Å². The summed E-state index contributed by atoms with van der Waals surface area (Å²) in [5.41, 5.74) is -0.738. The normalized spacial score (nSPS) is 16.2. The Kier molecular flexibility index (Phi) is 6.78. The maximum Gasteiger partial charge on any atom is 0.418 e. The molecule has 1 heterocycles. The summed E-state index contributed by atoms with van der Waals surface area (Å²) in [4.78, 5) is 27.8. The van der Waals surface area contributed by atoms with Crippen molar-refractivity contribution in [2.45, 2.75) is 13.1 Å². The number of rotatable bonds is 5. The largest absolute Gasteiger partial charge is 0.493 e. The van der Waals surface area contributed by atoms with Crippen LogP contribution >= 0.6 is 11.8 Å². The molecule has 2 aromatic carbocycles. The highest BCUT2D eigenvalue weighted by atomic mass is 32.2. The van der Waals surface area contributed by atoms with Crippen molar-refractivity contribution in [2.75, 3.05) is 14.2 Å². The second kappa shape index (κ2) is 9.35. The number of ether oxygens (including phenoxy) is 3. The number of aliphatic imine (C=N–C) groups is 1. The van der Waals surface area contributed by atoms with Gasteiger partial charge in [0.1, 0.15) is 0 Å². The lowest BCUT2D eigenvalue weighted by Gasteiger charge is -2.13. The standard InChI is InChI=1S/C21H17F3N2O5S/c1-11(27)31-18-15(29-2)8-12(9-16(18)30-3)10-17-19(28)26-20(32-17)25-14-7-5-4-6-13(14)21(22,23)24/h4-10H,1-3H3,(H,25,26,28)/b17-10+. The number of para-hydroxylation sites is 1. The Bertz CT molecular complexity index is 1100. The molecule has 0 radical (unpaired) electrons. The molecule has 1 fully saturated rings. The minimum Gasteiger partial charge on any atom is -0.493 e. The van der Waals surface area contributed by atoms with Crippen LogP contribution in [0.15, 0.2) is 46.3 Å². The highest BCUT2D eigenvalue weighted by molar-refractivity contribution is 8.18. The first-order chi connectivity index (χ1) is 15.1. The number of nitrogens with zero attached hydrogens (tertiary/aromatic N) is 1. The number of alkyl halides is 3. The first-order valence-corrected chi connectivity index (χ1v) is 9.84. The van der Waals surface area contributed by atoms with E-state index >= 15 is 0 Å². The molecule has 0 saturated carbocycles. The van der Waals surface area contributed by atoms with Crippen LogP contribution in [0.5, 0.6) is 17.2 Å². The predicted octanol–water partition coefficient (Wildman–Crippen LogP) is 4.54. The molecule has 0 spiro atoms. The Labute approximate surface area is 185 Å². The van der Waals surface area contributed by atoms with Gasteiger partial charge in [-0.05, 0) is 47.7 Å². The maximum atomic E-state index is 13.2. The fraction of sp³-hybridized carbons (Fsp3) is 0.190. The van der Waals surface area contributed by atoms with Crippen molar-refractivity contribution in [1.29, 1.82) is 0 Å². The number of carbonyl (C=O) groups is 2. The first kappa shape index (κ1) is 23.2. The van der Waals surface area contributed by atoms with E-state index in [2.05, 4.69) is 10.3 Å². The Morgan fingerprint density at radius 1 is 1.12 bits per heavy atom. The summed E-state index contributed by atoms with van der Waals surface area (Å²) in [5, 5.41) is 2.46. The van der Waals surface area contributed by atoms with Crippen LogP contribution in [0.1, 0.15) is 18.1 Å². The number of amidine groups is 1. The van der Waals surface area contributed by atoms with Crippen molar-refractivity contribution in [2.24, 2.45) is 4.99 Å². The molecule has 0 bridgehead atoms. The van der Waals surface area contributed by atoms with Crippen molar-refractivity contribution in [1.82, 2.24) is 5.32 Å². The topological polar surface area (TPSA) is 86.2 Å². The van der Waals surface area contributed by atoms with Crippen molar-refractivity contribution in [3.05, 3.63) is 52.4 Å². The molecule has 7 nitrogen and oxygen atoms in total. The van der Waals surface area contributed by atoms with Gasteiger partial charge < -0.3 is 19.5 Å². The van der Waals surface area contributed by atoms with E-state index in [4.69, 9.17) is 14.2 Å². The number of thioether (sulfide) groups is 1. The third kappa shape index (κ3) is 5.22. The number of methoxy groups -OCH3 is 2. The molecule has 1 aliphatic rings. The Morgan fingerprint density at radius 2 is 1.75 bits per heavy atom. The van der Waals surface area contributed by atoms with E-state index in [1.807, 2.05) is 0 Å². The smallest absolute Gasteiger partial charge is 0.418 e. The lowest BCUT2D eigenvalue weighted by atomic mass is 10.1. The SMILES string of the molecule is COc1cc(/C=C2/SC(=Nc3ccccc3C(F)(F)F)NC2=O)cc(OC)c1OC(C)=O. The average molecular weight is 466 g/mol. The number of carbonyl (C=O) groups excluding carboxylic acids is 2. The third-order valence-corrected chi connectivity index (χ3v) is 5.02. The molecule has 0 aromatic heterocycles. The molecule has 1 saturated heterocycles. The van der Waals surface area contributed by atoms with Crippen LogP contribution in [0.25, 0.3) is 6.08 Å². The van der Waals surface area contributed by atoms with Crippen LogP contribution in [-0.2, 0) is 15.8 Å². The highest BCUT2D eigenvalue weighted by Gasteiger charge is 2.34. The Hall–Kier alpha value is -3.47. The van der Waals surface area contributed by atoms with Gasteiger partial charge in [-0.3, -0.25) is 9.59 Å². The number of esters is 1. The highest BCUT2D eigenvalue weighted by Crippen LogP contribution is 2.41. The molecular weight excluding hydrogens is 449 g/mol. The molecular formula is C21H17F3N2O5S. The van der Waals surface area contributed by atoms with E-state index in [0.717, 1.165) is 17.8 Å². The van der Waals surface area contributed by atoms with E-state index in [0.29, 0.717) is 5.56 Å². The zero-order valence-corrected chi connectivity index (χ0v) is 17.9. The van der Waals surface area contributed by atoms with Crippen LogP contribution in [0.4, 0.5) is 18.9 Å². The molecule has 0 atom stereocenters. The van der Waals surface area contributed by atoms with Gasteiger partial charge in [-0.15, -0.1) is 0 Å². The van der Waals surface area contributed by atoms with Gasteiger partial charge in [-0.1, -0.05) is 12.1 Å². The lowest BCUT2D eigenvalue weighted by Crippen LogP contribution is -2.19. The zero-order chi connectivity index (χ0) is 23.5. The van der Waals surface area contributed by atoms with E-state index in [9.17, 15) is 22.8 Å². The molecule has 1 amide bonds. The second-order valence-corrected chi connectivity index (χ2v) is 7.38. The first-order valence-electron chi connectivity index (χ1n) is 9.02.